The van der Waals surface area contributed by atoms with Crippen LogP contribution in [0.2, 0.25) is 0 Å². The molecule has 6 heterocycles. The van der Waals surface area contributed by atoms with E-state index in [1.807, 2.05) is 11.3 Å². The molecule has 468 valence electrons. The average Bonchev–Trinajstić information content (AvgIpc) is 1.55. The fourth-order valence-electron chi connectivity index (χ4n) is 16.9. The Kier molecular flexibility index (Phi) is 12.0. The number of benzene rings is 16. The van der Waals surface area contributed by atoms with Gasteiger partial charge in [-0.2, -0.15) is 0 Å². The highest BCUT2D eigenvalue weighted by Crippen LogP contribution is 2.49. The van der Waals surface area contributed by atoms with Crippen LogP contribution in [-0.4, -0.2) is 28.2 Å². The minimum atomic E-state index is 0.644. The summed E-state index contributed by atoms with van der Waals surface area (Å²) < 4.78 is 12.1. The van der Waals surface area contributed by atoms with Gasteiger partial charge in [-0.3, -0.25) is 4.57 Å². The molecule has 22 rings (SSSR count). The smallest absolute Gasteiger partial charge is 0.235 e. The molecule has 0 spiro atoms. The first kappa shape index (κ1) is 55.9. The molecule has 16 aromatic carbocycles. The van der Waals surface area contributed by atoms with Gasteiger partial charge in [-0.25, -0.2) is 9.97 Å². The van der Waals surface area contributed by atoms with E-state index < -0.39 is 0 Å². The predicted molar refractivity (Wildman–Crippen MR) is 427 cm³/mol. The standard InChI is InChI=1S/C94H56N6S/c1-3-25-65(26-4-1)97-80-37-15-11-31-69(80)76-53-60(42-47-83(76)97)62-44-49-85-78(55-62)79-56-63(45-50-86(79)98(85)66-27-5-2-6-28-66)61-43-48-84-77(54-61)70-32-12-16-38-81(70)99(84)67-29-20-23-59(52-67)58-22-19-24-64(51-58)90-75-46-41-57-21-7-8-30-68(57)91(75)96-94(95-90)100-82-39-17-13-35-73(82)88-71-33-9-10-34-72(71)89-74-36-14-18-40-87(74)101-93(89)92(88)100/h1-56H. The number of nitrogens with zero attached hydrogens (tertiary/aromatic N) is 6. The summed E-state index contributed by atoms with van der Waals surface area (Å²) in [5.41, 5.74) is 22.4. The van der Waals surface area contributed by atoms with E-state index in [0.29, 0.717) is 5.95 Å². The number of fused-ring (bicyclic) bond motifs is 22. The lowest BCUT2D eigenvalue weighted by Crippen LogP contribution is -2.04. The summed E-state index contributed by atoms with van der Waals surface area (Å²) in [7, 11) is 0. The van der Waals surface area contributed by atoms with Gasteiger partial charge in [-0.05, 0) is 171 Å². The predicted octanol–water partition coefficient (Wildman–Crippen LogP) is 25.4. The van der Waals surface area contributed by atoms with Crippen LogP contribution in [0.25, 0.3) is 207 Å². The molecule has 0 fully saturated rings. The van der Waals surface area contributed by atoms with Crippen LogP contribution in [-0.2, 0) is 0 Å². The van der Waals surface area contributed by atoms with Gasteiger partial charge in [0.05, 0.1) is 60.0 Å². The van der Waals surface area contributed by atoms with Gasteiger partial charge >= 0.3 is 0 Å². The lowest BCUT2D eigenvalue weighted by molar-refractivity contribution is 1.02. The van der Waals surface area contributed by atoms with Crippen LogP contribution in [0, 0.1) is 0 Å². The van der Waals surface area contributed by atoms with Crippen LogP contribution in [0.1, 0.15) is 0 Å². The molecular weight excluding hydrogens is 1250 g/mol. The molecule has 6 aromatic heterocycles. The Labute approximate surface area is 583 Å². The topological polar surface area (TPSA) is 45.5 Å². The Hall–Kier alpha value is -13.2. The third-order valence-electron chi connectivity index (χ3n) is 21.3. The second-order valence-electron chi connectivity index (χ2n) is 26.7. The first-order chi connectivity index (χ1) is 50.1. The van der Waals surface area contributed by atoms with Crippen molar-refractivity contribution in [1.82, 2.24) is 28.2 Å². The van der Waals surface area contributed by atoms with Gasteiger partial charge in [0.1, 0.15) is 0 Å². The normalized spacial score (nSPS) is 12.2. The zero-order valence-electron chi connectivity index (χ0n) is 54.4. The Bertz CT molecular complexity index is 7270. The minimum absolute atomic E-state index is 0.644. The highest BCUT2D eigenvalue weighted by molar-refractivity contribution is 7.27. The Balaban J connectivity index is 0.668. The summed E-state index contributed by atoms with van der Waals surface area (Å²) >= 11 is 1.86. The van der Waals surface area contributed by atoms with Crippen molar-refractivity contribution in [2.24, 2.45) is 0 Å². The Morgan fingerprint density at radius 2 is 0.644 bits per heavy atom. The highest BCUT2D eigenvalue weighted by atomic mass is 32.1. The molecule has 0 saturated heterocycles. The number of thiophene rings is 1. The second-order valence-corrected chi connectivity index (χ2v) is 27.8. The number of aromatic nitrogens is 6. The summed E-state index contributed by atoms with van der Waals surface area (Å²) in [5.74, 6) is 0.644. The van der Waals surface area contributed by atoms with Crippen molar-refractivity contribution >= 4 is 151 Å². The van der Waals surface area contributed by atoms with Crippen molar-refractivity contribution in [3.63, 3.8) is 0 Å². The fraction of sp³-hybridized carbons (Fsp3) is 0. The van der Waals surface area contributed by atoms with Crippen molar-refractivity contribution in [2.45, 2.75) is 0 Å². The molecular formula is C94H56N6S. The molecule has 7 heteroatoms. The maximum absolute atomic E-state index is 5.78. The zero-order valence-corrected chi connectivity index (χ0v) is 55.2. The molecule has 6 nitrogen and oxygen atoms in total. The van der Waals surface area contributed by atoms with E-state index in [0.717, 1.165) is 83.2 Å². The average molecular weight is 1300 g/mol. The molecule has 0 atom stereocenters. The van der Waals surface area contributed by atoms with Gasteiger partial charge in [-0.1, -0.05) is 218 Å². The molecule has 22 aromatic rings. The van der Waals surface area contributed by atoms with Crippen molar-refractivity contribution in [2.75, 3.05) is 0 Å². The number of para-hydroxylation sites is 5. The summed E-state index contributed by atoms with van der Waals surface area (Å²) in [6.07, 6.45) is 0. The molecule has 101 heavy (non-hydrogen) atoms. The summed E-state index contributed by atoms with van der Waals surface area (Å²) in [6, 6.07) is 125. The summed E-state index contributed by atoms with van der Waals surface area (Å²) in [4.78, 5) is 11.5. The van der Waals surface area contributed by atoms with E-state index in [9.17, 15) is 0 Å². The Morgan fingerprint density at radius 3 is 1.24 bits per heavy atom. The van der Waals surface area contributed by atoms with Gasteiger partial charge < -0.3 is 13.7 Å². The summed E-state index contributed by atoms with van der Waals surface area (Å²) in [5, 5.41) is 18.0. The van der Waals surface area contributed by atoms with Gasteiger partial charge in [0.15, 0.2) is 0 Å². The maximum Gasteiger partial charge on any atom is 0.235 e. The van der Waals surface area contributed by atoms with E-state index >= 15 is 0 Å². The van der Waals surface area contributed by atoms with Crippen LogP contribution in [0.4, 0.5) is 0 Å². The second kappa shape index (κ2) is 21.6. The summed E-state index contributed by atoms with van der Waals surface area (Å²) in [6.45, 7) is 0. The van der Waals surface area contributed by atoms with Crippen LogP contribution in [0.15, 0.2) is 340 Å². The van der Waals surface area contributed by atoms with E-state index in [4.69, 9.17) is 9.97 Å². The monoisotopic (exact) mass is 1300 g/mol. The lowest BCUT2D eigenvalue weighted by atomic mass is 9.98. The quantitative estimate of drug-likeness (QED) is 0.142. The van der Waals surface area contributed by atoms with Gasteiger partial charge in [0.25, 0.3) is 0 Å². The molecule has 0 aliphatic heterocycles. The van der Waals surface area contributed by atoms with E-state index in [2.05, 4.69) is 358 Å². The number of hydrogen-bond acceptors (Lipinski definition) is 3. The number of rotatable bonds is 8. The van der Waals surface area contributed by atoms with Crippen LogP contribution < -0.4 is 0 Å². The number of hydrogen-bond donors (Lipinski definition) is 0. The largest absolute Gasteiger partial charge is 0.309 e. The van der Waals surface area contributed by atoms with E-state index in [1.165, 1.54) is 118 Å². The van der Waals surface area contributed by atoms with Crippen molar-refractivity contribution in [3.8, 4) is 67.6 Å². The van der Waals surface area contributed by atoms with Crippen molar-refractivity contribution < 1.29 is 0 Å². The molecule has 0 amide bonds. The lowest BCUT2D eigenvalue weighted by Gasteiger charge is -2.15. The molecule has 0 radical (unpaired) electrons. The van der Waals surface area contributed by atoms with Gasteiger partial charge in [-0.15, -0.1) is 11.3 Å². The fourth-order valence-corrected chi connectivity index (χ4v) is 18.1. The molecule has 0 bridgehead atoms. The molecule has 0 aliphatic carbocycles. The first-order valence-corrected chi connectivity index (χ1v) is 35.3. The SMILES string of the molecule is c1ccc(-n2c3ccccc3c3cc(-c4ccc5c(c4)c4cc(-c6ccc7c(c6)c6ccccc6n7-c6cccc(-c7cccc(-c8nc(-n9c%10ccccc%10c%10c%11ccccc%11c%11c%12ccccc%12sc%11c%109)nc9c8ccc8ccccc89)c7)c6)ccc4n5-c4ccccc4)ccc32)cc1. The highest BCUT2D eigenvalue weighted by Gasteiger charge is 2.26. The van der Waals surface area contributed by atoms with Gasteiger partial charge in [0, 0.05) is 92.0 Å². The van der Waals surface area contributed by atoms with Crippen LogP contribution >= 0.6 is 11.3 Å². The molecule has 0 N–H and O–H groups in total. The van der Waals surface area contributed by atoms with Crippen LogP contribution in [0.5, 0.6) is 0 Å². The molecule has 0 unspecified atom stereocenters. The van der Waals surface area contributed by atoms with E-state index in [1.54, 1.807) is 0 Å². The minimum Gasteiger partial charge on any atom is -0.309 e. The van der Waals surface area contributed by atoms with Gasteiger partial charge in [0.2, 0.25) is 5.95 Å². The molecule has 0 saturated carbocycles. The van der Waals surface area contributed by atoms with E-state index in [-0.39, 0.29) is 0 Å². The molecule has 0 aliphatic rings. The van der Waals surface area contributed by atoms with Crippen LogP contribution in [0.3, 0.4) is 0 Å². The third-order valence-corrected chi connectivity index (χ3v) is 22.5. The maximum atomic E-state index is 5.78. The zero-order chi connectivity index (χ0) is 66.0. The third kappa shape index (κ3) is 8.33. The van der Waals surface area contributed by atoms with Crippen molar-refractivity contribution in [1.29, 1.82) is 0 Å². The Morgan fingerprint density at radius 1 is 0.228 bits per heavy atom. The first-order valence-electron chi connectivity index (χ1n) is 34.5. The van der Waals surface area contributed by atoms with Crippen molar-refractivity contribution in [3.05, 3.63) is 340 Å².